The second-order valence-corrected chi connectivity index (χ2v) is 18.7. The van der Waals surface area contributed by atoms with Gasteiger partial charge in [0.05, 0.1) is 22.7 Å². The summed E-state index contributed by atoms with van der Waals surface area (Å²) in [7, 11) is 0. The van der Waals surface area contributed by atoms with E-state index < -0.39 is 0 Å². The van der Waals surface area contributed by atoms with Crippen molar-refractivity contribution in [3.05, 3.63) is 106 Å². The number of rotatable bonds is 2. The lowest BCUT2D eigenvalue weighted by Crippen LogP contribution is -2.24. The molecule has 4 nitrogen and oxygen atoms in total. The molecule has 0 spiro atoms. The van der Waals surface area contributed by atoms with Gasteiger partial charge in [-0.15, -0.1) is 0 Å². The van der Waals surface area contributed by atoms with Crippen LogP contribution in [-0.2, 0) is 21.7 Å². The van der Waals surface area contributed by atoms with Gasteiger partial charge >= 0.3 is 0 Å². The van der Waals surface area contributed by atoms with Crippen LogP contribution in [0.1, 0.15) is 106 Å². The largest absolute Gasteiger partial charge is 0.301 e. The van der Waals surface area contributed by atoms with Crippen molar-refractivity contribution in [1.82, 2.24) is 9.97 Å². The third kappa shape index (κ3) is 6.11. The molecule has 2 aliphatic heterocycles. The van der Waals surface area contributed by atoms with Crippen molar-refractivity contribution >= 4 is 46.3 Å². The molecule has 0 bridgehead atoms. The zero-order valence-corrected chi connectivity index (χ0v) is 31.2. The van der Waals surface area contributed by atoms with Gasteiger partial charge in [0, 0.05) is 54.2 Å². The van der Waals surface area contributed by atoms with Crippen LogP contribution in [-0.4, -0.2) is 9.97 Å². The van der Waals surface area contributed by atoms with E-state index in [0.29, 0.717) is 0 Å². The van der Waals surface area contributed by atoms with Gasteiger partial charge in [0.15, 0.2) is 0 Å². The van der Waals surface area contributed by atoms with Crippen LogP contribution in [0, 0.1) is 0 Å². The van der Waals surface area contributed by atoms with Crippen LogP contribution >= 0.6 is 23.5 Å². The SMILES string of the molecule is CC(C)(C)c1cc(N2/C(=C3\Sc4ccccc4N3c3cc(C(C)(C)C)nc(C(C)(C)C)c3)Sc3ccccc32)cc(C(C)(C)C)n1. The first-order chi connectivity index (χ1) is 21.3. The fraction of sp³-hybridized carbons (Fsp3) is 0.400. The molecule has 0 saturated heterocycles. The third-order valence-corrected chi connectivity index (χ3v) is 10.8. The highest BCUT2D eigenvalue weighted by Crippen LogP contribution is 2.59. The molecule has 0 amide bonds. The zero-order valence-electron chi connectivity index (χ0n) is 29.5. The van der Waals surface area contributed by atoms with E-state index in [2.05, 4.69) is 166 Å². The number of aromatic nitrogens is 2. The van der Waals surface area contributed by atoms with Gasteiger partial charge in [-0.2, -0.15) is 0 Å². The van der Waals surface area contributed by atoms with E-state index in [4.69, 9.17) is 9.97 Å². The van der Waals surface area contributed by atoms with E-state index in [0.717, 1.165) is 34.2 Å². The molecule has 2 aromatic heterocycles. The lowest BCUT2D eigenvalue weighted by molar-refractivity contribution is 0.531. The number of hydrogen-bond acceptors (Lipinski definition) is 6. The Hall–Kier alpha value is -3.22. The maximum atomic E-state index is 5.21. The molecule has 4 heterocycles. The first-order valence-corrected chi connectivity index (χ1v) is 17.9. The summed E-state index contributed by atoms with van der Waals surface area (Å²) in [6.07, 6.45) is 0. The molecule has 0 aliphatic carbocycles. The van der Waals surface area contributed by atoms with E-state index in [1.165, 1.54) is 31.2 Å². The summed E-state index contributed by atoms with van der Waals surface area (Å²) in [5.74, 6) is 0. The normalized spacial score (nSPS) is 17.0. The van der Waals surface area contributed by atoms with Crippen LogP contribution in [0.3, 0.4) is 0 Å². The lowest BCUT2D eigenvalue weighted by atomic mass is 9.87. The molecule has 4 aromatic rings. The molecule has 0 radical (unpaired) electrons. The van der Waals surface area contributed by atoms with Gasteiger partial charge in [-0.05, 0) is 48.5 Å². The third-order valence-electron chi connectivity index (χ3n) is 8.43. The Morgan fingerprint density at radius 3 is 1.00 bits per heavy atom. The Morgan fingerprint density at radius 2 is 0.717 bits per heavy atom. The molecule has 0 unspecified atom stereocenters. The van der Waals surface area contributed by atoms with Gasteiger partial charge in [-0.1, -0.05) is 131 Å². The molecule has 0 saturated carbocycles. The maximum absolute atomic E-state index is 5.21. The van der Waals surface area contributed by atoms with Crippen molar-refractivity contribution in [2.24, 2.45) is 0 Å². The summed E-state index contributed by atoms with van der Waals surface area (Å²) in [6, 6.07) is 26.8. The Bertz CT molecular complexity index is 1650. The highest BCUT2D eigenvalue weighted by Gasteiger charge is 2.38. The second kappa shape index (κ2) is 11.2. The number of hydrogen-bond donors (Lipinski definition) is 0. The molecule has 0 N–H and O–H groups in total. The van der Waals surface area contributed by atoms with Crippen LogP contribution < -0.4 is 9.80 Å². The summed E-state index contributed by atoms with van der Waals surface area (Å²) in [5, 5.41) is 2.42. The monoisotopic (exact) mass is 648 g/mol. The number of nitrogens with zero attached hydrogens (tertiary/aromatic N) is 4. The summed E-state index contributed by atoms with van der Waals surface area (Å²) in [5.41, 5.74) is 8.76. The van der Waals surface area contributed by atoms with E-state index in [-0.39, 0.29) is 21.7 Å². The quantitative estimate of drug-likeness (QED) is 0.215. The highest BCUT2D eigenvalue weighted by atomic mass is 32.2. The van der Waals surface area contributed by atoms with Crippen LogP contribution in [0.25, 0.3) is 0 Å². The molecular formula is C40H48N4S2. The fourth-order valence-corrected chi connectivity index (χ4v) is 8.03. The molecule has 0 fully saturated rings. The molecule has 2 aromatic carbocycles. The van der Waals surface area contributed by atoms with Gasteiger partial charge in [0.2, 0.25) is 0 Å². The zero-order chi connectivity index (χ0) is 33.4. The molecule has 6 heteroatoms. The Balaban J connectivity index is 1.65. The smallest absolute Gasteiger partial charge is 0.116 e. The molecule has 2 aliphatic rings. The molecule has 6 rings (SSSR count). The van der Waals surface area contributed by atoms with E-state index in [1.807, 2.05) is 23.5 Å². The number of benzene rings is 2. The van der Waals surface area contributed by atoms with E-state index in [9.17, 15) is 0 Å². The average molecular weight is 649 g/mol. The number of thioether (sulfide) groups is 2. The van der Waals surface area contributed by atoms with Crippen molar-refractivity contribution in [2.45, 2.75) is 115 Å². The van der Waals surface area contributed by atoms with Crippen molar-refractivity contribution in [3.8, 4) is 0 Å². The minimum absolute atomic E-state index is 0.0934. The van der Waals surface area contributed by atoms with Crippen LogP contribution in [0.4, 0.5) is 22.7 Å². The Morgan fingerprint density at radius 1 is 0.435 bits per heavy atom. The summed E-state index contributed by atoms with van der Waals surface area (Å²) in [4.78, 5) is 17.9. The maximum Gasteiger partial charge on any atom is 0.116 e. The fourth-order valence-electron chi connectivity index (χ4n) is 5.59. The van der Waals surface area contributed by atoms with Crippen LogP contribution in [0.2, 0.25) is 0 Å². The number of fused-ring (bicyclic) bond motifs is 2. The first-order valence-electron chi connectivity index (χ1n) is 16.3. The predicted molar refractivity (Wildman–Crippen MR) is 199 cm³/mol. The van der Waals surface area contributed by atoms with Crippen molar-refractivity contribution in [1.29, 1.82) is 0 Å². The Labute approximate surface area is 285 Å². The first kappa shape index (κ1) is 32.7. The lowest BCUT2D eigenvalue weighted by Gasteiger charge is -2.31. The van der Waals surface area contributed by atoms with Gasteiger partial charge in [-0.25, -0.2) is 0 Å². The number of pyridine rings is 2. The van der Waals surface area contributed by atoms with Gasteiger partial charge in [0.25, 0.3) is 0 Å². The van der Waals surface area contributed by atoms with Crippen LogP contribution in [0.15, 0.2) is 92.6 Å². The highest BCUT2D eigenvalue weighted by molar-refractivity contribution is 8.07. The topological polar surface area (TPSA) is 32.3 Å². The average Bonchev–Trinajstić information content (AvgIpc) is 3.54. The van der Waals surface area contributed by atoms with E-state index >= 15 is 0 Å². The van der Waals surface area contributed by atoms with Crippen LogP contribution in [0.5, 0.6) is 0 Å². The number of anilines is 4. The summed E-state index contributed by atoms with van der Waals surface area (Å²) in [6.45, 7) is 27.1. The summed E-state index contributed by atoms with van der Waals surface area (Å²) < 4.78 is 0. The van der Waals surface area contributed by atoms with Crippen molar-refractivity contribution in [3.63, 3.8) is 0 Å². The minimum Gasteiger partial charge on any atom is -0.301 e. The minimum atomic E-state index is -0.0934. The Kier molecular flexibility index (Phi) is 7.96. The van der Waals surface area contributed by atoms with Crippen molar-refractivity contribution in [2.75, 3.05) is 9.80 Å². The molecule has 46 heavy (non-hydrogen) atoms. The molecule has 240 valence electrons. The van der Waals surface area contributed by atoms with E-state index in [1.54, 1.807) is 0 Å². The standard InChI is InChI=1S/C40H48N4S2/c1-37(2,3)31-21-25(22-32(41-31)38(4,5)6)43-27-17-13-15-19-29(27)45-35(43)36-44(28-18-14-16-20-30(28)46-36)26-23-33(39(7,8)9)42-34(24-26)40(10,11)12/h13-24H,1-12H3/b36-35+. The van der Waals surface area contributed by atoms with Gasteiger partial charge in [-0.3, -0.25) is 9.97 Å². The molecular weight excluding hydrogens is 601 g/mol. The van der Waals surface area contributed by atoms with Gasteiger partial charge in [0.1, 0.15) is 10.1 Å². The number of para-hydroxylation sites is 2. The van der Waals surface area contributed by atoms with Gasteiger partial charge < -0.3 is 9.80 Å². The van der Waals surface area contributed by atoms with Crippen molar-refractivity contribution < 1.29 is 0 Å². The summed E-state index contributed by atoms with van der Waals surface area (Å²) >= 11 is 3.72. The second-order valence-electron chi connectivity index (χ2n) is 16.6. The predicted octanol–water partition coefficient (Wildman–Crippen LogP) is 12.0. The molecule has 0 atom stereocenters.